The molecule has 1 aliphatic carbocycles. The monoisotopic (exact) mass is 247 g/mol. The van der Waals surface area contributed by atoms with Crippen LogP contribution in [-0.4, -0.2) is 43.5 Å². The lowest BCUT2D eigenvalue weighted by Gasteiger charge is -2.18. The van der Waals surface area contributed by atoms with Crippen LogP contribution < -0.4 is 0 Å². The Hall–Kier alpha value is -0.620. The summed E-state index contributed by atoms with van der Waals surface area (Å²) in [5, 5.41) is 0.954. The highest BCUT2D eigenvalue weighted by Crippen LogP contribution is 2.29. The number of hydrogen-bond acceptors (Lipinski definition) is 4. The quantitative estimate of drug-likeness (QED) is 0.729. The first-order valence-corrected chi connectivity index (χ1v) is 7.46. The van der Waals surface area contributed by atoms with Gasteiger partial charge in [-0.1, -0.05) is 0 Å². The third-order valence-corrected chi connectivity index (χ3v) is 5.02. The van der Waals surface area contributed by atoms with Gasteiger partial charge in [-0.2, -0.15) is 0 Å². The van der Waals surface area contributed by atoms with Gasteiger partial charge in [-0.15, -0.1) is 0 Å². The zero-order valence-corrected chi connectivity index (χ0v) is 10.0. The average molecular weight is 247 g/mol. The van der Waals surface area contributed by atoms with E-state index in [1.54, 1.807) is 0 Å². The molecule has 2 rings (SSSR count). The molecular formula is C10H17NO4S. The van der Waals surface area contributed by atoms with Crippen LogP contribution in [0.5, 0.6) is 0 Å². The van der Waals surface area contributed by atoms with Crippen LogP contribution in [0.2, 0.25) is 0 Å². The smallest absolute Gasteiger partial charge is 0.261 e. The molecule has 0 aromatic carbocycles. The molecule has 1 amide bonds. The van der Waals surface area contributed by atoms with Crippen molar-refractivity contribution in [2.75, 3.05) is 18.9 Å². The molecule has 2 fully saturated rings. The van der Waals surface area contributed by atoms with E-state index < -0.39 is 21.5 Å². The van der Waals surface area contributed by atoms with Crippen molar-refractivity contribution in [2.24, 2.45) is 0 Å². The Bertz CT molecular complexity index is 353. The first-order valence-electron chi connectivity index (χ1n) is 5.74. The number of nitrogens with zero attached hydrogens (tertiary/aromatic N) is 1. The van der Waals surface area contributed by atoms with E-state index in [2.05, 4.69) is 0 Å². The maximum atomic E-state index is 11.7. The van der Waals surface area contributed by atoms with Gasteiger partial charge in [0.2, 0.25) is 0 Å². The summed E-state index contributed by atoms with van der Waals surface area (Å²) < 4.78 is 23.3. The molecule has 16 heavy (non-hydrogen) atoms. The van der Waals surface area contributed by atoms with E-state index in [1.165, 1.54) is 5.06 Å². The van der Waals surface area contributed by atoms with E-state index in [-0.39, 0.29) is 5.25 Å². The average Bonchev–Trinajstić information content (AvgIpc) is 3.05. The number of hydroxylamine groups is 2. The fraction of sp³-hybridized carbons (Fsp3) is 0.900. The van der Waals surface area contributed by atoms with Crippen molar-refractivity contribution in [3.63, 3.8) is 0 Å². The van der Waals surface area contributed by atoms with Gasteiger partial charge in [0.15, 0.2) is 9.84 Å². The van der Waals surface area contributed by atoms with Crippen LogP contribution in [0.1, 0.15) is 32.1 Å². The summed E-state index contributed by atoms with van der Waals surface area (Å²) in [5.74, 6) is -0.800. The zero-order valence-electron chi connectivity index (χ0n) is 9.22. The Balaban J connectivity index is 1.91. The van der Waals surface area contributed by atoms with E-state index >= 15 is 0 Å². The van der Waals surface area contributed by atoms with Gasteiger partial charge >= 0.3 is 0 Å². The second-order valence-corrected chi connectivity index (χ2v) is 6.68. The molecule has 0 aromatic rings. The molecule has 0 aromatic heterocycles. The Morgan fingerprint density at radius 1 is 1.25 bits per heavy atom. The molecule has 0 bridgehead atoms. The minimum Gasteiger partial charge on any atom is -0.271 e. The van der Waals surface area contributed by atoms with Gasteiger partial charge in [-0.05, 0) is 32.1 Å². The number of hydrogen-bond donors (Lipinski definition) is 0. The van der Waals surface area contributed by atoms with Gasteiger partial charge < -0.3 is 0 Å². The number of sulfone groups is 1. The molecule has 5 nitrogen and oxygen atoms in total. The van der Waals surface area contributed by atoms with E-state index in [0.717, 1.165) is 19.3 Å². The van der Waals surface area contributed by atoms with Crippen LogP contribution in [0.4, 0.5) is 0 Å². The molecule has 0 N–H and O–H groups in total. The maximum Gasteiger partial charge on any atom is 0.261 e. The van der Waals surface area contributed by atoms with E-state index in [0.29, 0.717) is 26.0 Å². The van der Waals surface area contributed by atoms with Crippen molar-refractivity contribution in [2.45, 2.75) is 37.4 Å². The second-order valence-electron chi connectivity index (χ2n) is 4.40. The molecule has 0 radical (unpaired) electrons. The molecule has 1 aliphatic heterocycles. The van der Waals surface area contributed by atoms with Crippen molar-refractivity contribution < 1.29 is 18.0 Å². The number of carbonyl (C=O) groups is 1. The lowest BCUT2D eigenvalue weighted by molar-refractivity contribution is -0.180. The van der Waals surface area contributed by atoms with Gasteiger partial charge in [-0.3, -0.25) is 9.63 Å². The van der Waals surface area contributed by atoms with Gasteiger partial charge in [-0.25, -0.2) is 13.5 Å². The number of carbonyl (C=O) groups excluding carboxylic acids is 1. The zero-order chi connectivity index (χ0) is 11.6. The summed E-state index contributed by atoms with van der Waals surface area (Å²) in [5.41, 5.74) is 0. The molecule has 1 heterocycles. The van der Waals surface area contributed by atoms with Crippen molar-refractivity contribution in [1.82, 2.24) is 5.06 Å². The SMILES string of the molecule is O=C(CS(=O)(=O)C1CC1)N1CCCCCO1. The molecular weight excluding hydrogens is 230 g/mol. The minimum atomic E-state index is -3.22. The van der Waals surface area contributed by atoms with Crippen molar-refractivity contribution in [1.29, 1.82) is 0 Å². The number of amides is 1. The van der Waals surface area contributed by atoms with Crippen molar-refractivity contribution in [3.05, 3.63) is 0 Å². The fourth-order valence-electron chi connectivity index (χ4n) is 1.76. The summed E-state index contributed by atoms with van der Waals surface area (Å²) >= 11 is 0. The van der Waals surface area contributed by atoms with Crippen LogP contribution in [0.3, 0.4) is 0 Å². The highest BCUT2D eigenvalue weighted by Gasteiger charge is 2.38. The summed E-state index contributed by atoms with van der Waals surface area (Å²) in [7, 11) is -3.22. The molecule has 92 valence electrons. The van der Waals surface area contributed by atoms with Gasteiger partial charge in [0.05, 0.1) is 11.9 Å². The van der Waals surface area contributed by atoms with E-state index in [1.807, 2.05) is 0 Å². The first-order chi connectivity index (χ1) is 7.59. The third kappa shape index (κ3) is 2.95. The first kappa shape index (κ1) is 11.9. The minimum absolute atomic E-state index is 0.275. The molecule has 1 saturated carbocycles. The van der Waals surface area contributed by atoms with Gasteiger partial charge in [0.25, 0.3) is 5.91 Å². The van der Waals surface area contributed by atoms with Gasteiger partial charge in [0.1, 0.15) is 5.75 Å². The van der Waals surface area contributed by atoms with Crippen LogP contribution in [0, 0.1) is 0 Å². The normalized spacial score (nSPS) is 22.9. The summed E-state index contributed by atoms with van der Waals surface area (Å²) in [6, 6.07) is 0. The molecule has 1 saturated heterocycles. The maximum absolute atomic E-state index is 11.7. The van der Waals surface area contributed by atoms with E-state index in [4.69, 9.17) is 4.84 Å². The van der Waals surface area contributed by atoms with Crippen LogP contribution in [-0.2, 0) is 19.5 Å². The predicted molar refractivity (Wildman–Crippen MR) is 58.3 cm³/mol. The Labute approximate surface area is 95.6 Å². The molecule has 0 spiro atoms. The Morgan fingerprint density at radius 2 is 2.00 bits per heavy atom. The standard InChI is InChI=1S/C10H17NO4S/c12-10(8-16(13,14)9-4-5-9)11-6-2-1-3-7-15-11/h9H,1-8H2. The lowest BCUT2D eigenvalue weighted by atomic mass is 10.2. The van der Waals surface area contributed by atoms with E-state index in [9.17, 15) is 13.2 Å². The topological polar surface area (TPSA) is 63.7 Å². The largest absolute Gasteiger partial charge is 0.271 e. The Morgan fingerprint density at radius 3 is 2.69 bits per heavy atom. The fourth-order valence-corrected chi connectivity index (χ4v) is 3.34. The highest BCUT2D eigenvalue weighted by atomic mass is 32.2. The summed E-state index contributed by atoms with van der Waals surface area (Å²) in [4.78, 5) is 17.0. The second kappa shape index (κ2) is 4.71. The number of rotatable bonds is 3. The Kier molecular flexibility index (Phi) is 3.49. The molecule has 0 unspecified atom stereocenters. The van der Waals surface area contributed by atoms with Crippen LogP contribution in [0.25, 0.3) is 0 Å². The predicted octanol–water partition coefficient (Wildman–Crippen LogP) is 0.508. The van der Waals surface area contributed by atoms with Crippen LogP contribution in [0.15, 0.2) is 0 Å². The molecule has 0 atom stereocenters. The molecule has 2 aliphatic rings. The van der Waals surface area contributed by atoms with Gasteiger partial charge in [0, 0.05) is 6.54 Å². The van der Waals surface area contributed by atoms with Crippen molar-refractivity contribution >= 4 is 15.7 Å². The highest BCUT2D eigenvalue weighted by molar-refractivity contribution is 7.93. The summed E-state index contributed by atoms with van der Waals surface area (Å²) in [6.07, 6.45) is 4.25. The summed E-state index contributed by atoms with van der Waals surface area (Å²) in [6.45, 7) is 1.02. The third-order valence-electron chi connectivity index (χ3n) is 2.89. The lowest BCUT2D eigenvalue weighted by Crippen LogP contribution is -2.36. The molecule has 6 heteroatoms. The van der Waals surface area contributed by atoms with Crippen LogP contribution >= 0.6 is 0 Å². The van der Waals surface area contributed by atoms with Crippen molar-refractivity contribution in [3.8, 4) is 0 Å².